The Labute approximate surface area is 116 Å². The van der Waals surface area contributed by atoms with Gasteiger partial charge in [-0.2, -0.15) is 4.90 Å². The molecule has 1 amide bonds. The number of hydrogen-bond acceptors (Lipinski definition) is 4. The molecule has 0 saturated carbocycles. The lowest BCUT2D eigenvalue weighted by molar-refractivity contribution is -0.313. The summed E-state index contributed by atoms with van der Waals surface area (Å²) in [6.45, 7) is 0. The molecule has 4 nitrogen and oxygen atoms in total. The van der Waals surface area contributed by atoms with Gasteiger partial charge in [0.2, 0.25) is 5.91 Å². The van der Waals surface area contributed by atoms with Crippen molar-refractivity contribution in [2.45, 2.75) is 17.7 Å². The molecule has 1 aliphatic carbocycles. The zero-order valence-corrected chi connectivity index (χ0v) is 11.0. The molecule has 0 unspecified atom stereocenters. The third-order valence-corrected chi connectivity index (χ3v) is 3.57. The molecule has 0 fully saturated rings. The fourth-order valence-corrected chi connectivity index (χ4v) is 2.36. The number of allylic oxidation sites excluding steroid dienone is 2. The maximum atomic E-state index is 12.2. The molecule has 2 rings (SSSR count). The second-order valence-corrected chi connectivity index (χ2v) is 4.90. The van der Waals surface area contributed by atoms with Crippen molar-refractivity contribution < 1.29 is 14.7 Å². The Kier molecular flexibility index (Phi) is 4.16. The largest absolute Gasteiger partial charge is 0.778 e. The van der Waals surface area contributed by atoms with Gasteiger partial charge in [-0.1, -0.05) is 30.4 Å². The van der Waals surface area contributed by atoms with Crippen molar-refractivity contribution in [2.24, 2.45) is 11.8 Å². The van der Waals surface area contributed by atoms with Crippen LogP contribution in [0, 0.1) is 11.8 Å². The number of carbonyl (C=O) groups is 2. The van der Waals surface area contributed by atoms with Crippen molar-refractivity contribution >= 4 is 30.2 Å². The highest BCUT2D eigenvalue weighted by atomic mass is 32.1. The number of hydrogen-bond donors (Lipinski definition) is 1. The maximum absolute atomic E-state index is 12.2. The number of anilines is 1. The SMILES string of the molecule is O=C(Nc1ccccc1[S-])[C@H]1CC=CC[C@H]1C(=O)[O-]. The molecular weight excluding hydrogens is 262 g/mol. The summed E-state index contributed by atoms with van der Waals surface area (Å²) in [6.07, 6.45) is 4.33. The molecule has 1 N–H and O–H groups in total. The highest BCUT2D eigenvalue weighted by Gasteiger charge is 2.29. The molecule has 0 heterocycles. The predicted molar refractivity (Wildman–Crippen MR) is 71.1 cm³/mol. The molecule has 0 radical (unpaired) electrons. The topological polar surface area (TPSA) is 69.2 Å². The molecule has 1 aromatic rings. The van der Waals surface area contributed by atoms with Gasteiger partial charge in [0, 0.05) is 17.6 Å². The van der Waals surface area contributed by atoms with Crippen LogP contribution in [0.3, 0.4) is 0 Å². The Morgan fingerprint density at radius 2 is 1.79 bits per heavy atom. The minimum Gasteiger partial charge on any atom is -0.778 e. The maximum Gasteiger partial charge on any atom is 0.228 e. The van der Waals surface area contributed by atoms with Crippen molar-refractivity contribution in [2.75, 3.05) is 5.32 Å². The normalized spacial score (nSPS) is 21.9. The lowest BCUT2D eigenvalue weighted by Gasteiger charge is -2.28. The second-order valence-electron chi connectivity index (χ2n) is 4.46. The monoisotopic (exact) mass is 275 g/mol. The Morgan fingerprint density at radius 3 is 2.42 bits per heavy atom. The molecule has 5 heteroatoms. The number of para-hydroxylation sites is 1. The summed E-state index contributed by atoms with van der Waals surface area (Å²) in [4.78, 5) is 23.7. The lowest BCUT2D eigenvalue weighted by Crippen LogP contribution is -2.41. The second kappa shape index (κ2) is 5.84. The summed E-state index contributed by atoms with van der Waals surface area (Å²) in [5.74, 6) is -2.89. The van der Waals surface area contributed by atoms with E-state index < -0.39 is 17.8 Å². The van der Waals surface area contributed by atoms with Gasteiger partial charge in [0.15, 0.2) is 0 Å². The zero-order valence-electron chi connectivity index (χ0n) is 10.2. The number of carbonyl (C=O) groups excluding carboxylic acids is 2. The van der Waals surface area contributed by atoms with E-state index in [1.165, 1.54) is 0 Å². The number of aliphatic carboxylic acids is 1. The summed E-state index contributed by atoms with van der Waals surface area (Å²) in [7, 11) is 0. The fourth-order valence-electron chi connectivity index (χ4n) is 2.16. The van der Waals surface area contributed by atoms with Crippen molar-refractivity contribution in [3.63, 3.8) is 0 Å². The number of carboxylic acids is 1. The minimum absolute atomic E-state index is 0.323. The number of rotatable bonds is 3. The molecule has 19 heavy (non-hydrogen) atoms. The molecule has 0 aliphatic heterocycles. The predicted octanol–water partition coefficient (Wildman–Crippen LogP) is 0.863. The molecule has 2 atom stereocenters. The summed E-state index contributed by atoms with van der Waals surface area (Å²) in [5, 5.41) is 13.7. The van der Waals surface area contributed by atoms with Gasteiger partial charge in [-0.05, 0) is 18.9 Å². The van der Waals surface area contributed by atoms with Gasteiger partial charge in [0.05, 0.1) is 5.92 Å². The van der Waals surface area contributed by atoms with Gasteiger partial charge in [0.25, 0.3) is 0 Å². The third kappa shape index (κ3) is 3.12. The third-order valence-electron chi connectivity index (χ3n) is 3.22. The van der Waals surface area contributed by atoms with Crippen LogP contribution < -0.4 is 10.4 Å². The smallest absolute Gasteiger partial charge is 0.228 e. The van der Waals surface area contributed by atoms with E-state index in [0.717, 1.165) is 0 Å². The van der Waals surface area contributed by atoms with Gasteiger partial charge >= 0.3 is 0 Å². The molecule has 0 saturated heterocycles. The molecule has 1 aromatic carbocycles. The van der Waals surface area contributed by atoms with E-state index in [1.54, 1.807) is 30.3 Å². The first-order valence-electron chi connectivity index (χ1n) is 6.02. The Morgan fingerprint density at radius 1 is 1.16 bits per heavy atom. The van der Waals surface area contributed by atoms with E-state index in [0.29, 0.717) is 23.4 Å². The fraction of sp³-hybridized carbons (Fsp3) is 0.286. The van der Waals surface area contributed by atoms with Crippen LogP contribution in [-0.4, -0.2) is 11.9 Å². The average Bonchev–Trinajstić information content (AvgIpc) is 2.41. The molecular formula is C14H13NO3S-2. The summed E-state index contributed by atoms with van der Waals surface area (Å²) in [6, 6.07) is 6.96. The first kappa shape index (κ1) is 13.5. The van der Waals surface area contributed by atoms with E-state index in [-0.39, 0.29) is 5.91 Å². The van der Waals surface area contributed by atoms with Gasteiger partial charge in [-0.25, -0.2) is 0 Å². The number of nitrogens with one attached hydrogen (secondary N) is 1. The molecule has 0 bridgehead atoms. The van der Waals surface area contributed by atoms with Gasteiger partial charge < -0.3 is 27.8 Å². The van der Waals surface area contributed by atoms with Crippen LogP contribution in [0.15, 0.2) is 41.3 Å². The lowest BCUT2D eigenvalue weighted by atomic mass is 9.82. The Bertz CT molecular complexity index is 527. The van der Waals surface area contributed by atoms with Crippen LogP contribution in [0.5, 0.6) is 0 Å². The van der Waals surface area contributed by atoms with E-state index in [9.17, 15) is 14.7 Å². The highest BCUT2D eigenvalue weighted by molar-refractivity contribution is 7.59. The van der Waals surface area contributed by atoms with Crippen LogP contribution >= 0.6 is 0 Å². The van der Waals surface area contributed by atoms with Crippen LogP contribution in [0.2, 0.25) is 0 Å². The first-order chi connectivity index (χ1) is 9.09. The van der Waals surface area contributed by atoms with E-state index in [1.807, 2.05) is 6.08 Å². The molecule has 100 valence electrons. The highest BCUT2D eigenvalue weighted by Crippen LogP contribution is 2.27. The van der Waals surface area contributed by atoms with Crippen LogP contribution in [-0.2, 0) is 22.2 Å². The van der Waals surface area contributed by atoms with Crippen molar-refractivity contribution in [3.05, 3.63) is 36.4 Å². The van der Waals surface area contributed by atoms with E-state index >= 15 is 0 Å². The minimum atomic E-state index is -1.18. The van der Waals surface area contributed by atoms with Crippen molar-refractivity contribution in [3.8, 4) is 0 Å². The Hall–Kier alpha value is -1.88. The molecule has 0 aromatic heterocycles. The zero-order chi connectivity index (χ0) is 13.8. The van der Waals surface area contributed by atoms with Crippen LogP contribution in [0.25, 0.3) is 0 Å². The summed E-state index contributed by atoms with van der Waals surface area (Å²) in [5.41, 5.74) is 0.536. The van der Waals surface area contributed by atoms with Gasteiger partial charge in [-0.15, -0.1) is 0 Å². The van der Waals surface area contributed by atoms with Gasteiger partial charge in [0.1, 0.15) is 0 Å². The Balaban J connectivity index is 2.13. The first-order valence-corrected chi connectivity index (χ1v) is 6.43. The van der Waals surface area contributed by atoms with E-state index in [2.05, 4.69) is 5.32 Å². The van der Waals surface area contributed by atoms with E-state index in [4.69, 9.17) is 12.6 Å². The van der Waals surface area contributed by atoms with Crippen LogP contribution in [0.4, 0.5) is 5.69 Å². The molecule has 1 aliphatic rings. The van der Waals surface area contributed by atoms with Crippen LogP contribution in [0.1, 0.15) is 12.8 Å². The number of amides is 1. The van der Waals surface area contributed by atoms with Crippen molar-refractivity contribution in [1.29, 1.82) is 0 Å². The number of carboxylic acid groups (broad SMARTS) is 1. The average molecular weight is 275 g/mol. The van der Waals surface area contributed by atoms with Crippen molar-refractivity contribution in [1.82, 2.24) is 0 Å². The quantitative estimate of drug-likeness (QED) is 0.656. The molecule has 0 spiro atoms. The number of benzene rings is 1. The summed E-state index contributed by atoms with van der Waals surface area (Å²) >= 11 is 5.10. The standard InChI is InChI=1S/C14H15NO3S/c16-13(15-11-7-3-4-8-12(11)19)9-5-1-2-6-10(9)14(17)18/h1-4,7-10,19H,5-6H2,(H,15,16)(H,17,18)/p-2/t9-,10+/m0/s1. The summed E-state index contributed by atoms with van der Waals surface area (Å²) < 4.78 is 0. The van der Waals surface area contributed by atoms with Gasteiger partial charge in [-0.3, -0.25) is 4.79 Å².